The van der Waals surface area contributed by atoms with Gasteiger partial charge >= 0.3 is 12.1 Å². The van der Waals surface area contributed by atoms with Crippen molar-refractivity contribution in [3.05, 3.63) is 83.3 Å². The zero-order chi connectivity index (χ0) is 28.2. The summed E-state index contributed by atoms with van der Waals surface area (Å²) in [7, 11) is 0. The molecular formula is C29H29F4N3O3. The summed E-state index contributed by atoms with van der Waals surface area (Å²) in [6, 6.07) is 13.7. The molecule has 0 radical (unpaired) electrons. The number of nitrogens with one attached hydrogen (secondary N) is 1. The Morgan fingerprint density at radius 1 is 1.10 bits per heavy atom. The lowest BCUT2D eigenvalue weighted by atomic mass is 9.93. The summed E-state index contributed by atoms with van der Waals surface area (Å²) >= 11 is 0. The van der Waals surface area contributed by atoms with Gasteiger partial charge in [-0.25, -0.2) is 9.37 Å². The van der Waals surface area contributed by atoms with Crippen molar-refractivity contribution >= 4 is 17.7 Å². The molecule has 6 nitrogen and oxygen atoms in total. The van der Waals surface area contributed by atoms with Crippen molar-refractivity contribution in [2.45, 2.75) is 44.8 Å². The summed E-state index contributed by atoms with van der Waals surface area (Å²) in [6.07, 6.45) is -3.11. The highest BCUT2D eigenvalue weighted by Crippen LogP contribution is 2.33. The van der Waals surface area contributed by atoms with Gasteiger partial charge in [-0.1, -0.05) is 30.3 Å². The fourth-order valence-electron chi connectivity index (χ4n) is 4.83. The minimum atomic E-state index is -4.34. The Hall–Kier alpha value is -3.95. The maximum Gasteiger partial charge on any atom is 0.389 e. The first-order valence-corrected chi connectivity index (χ1v) is 12.7. The highest BCUT2D eigenvalue weighted by molar-refractivity contribution is 5.94. The molecule has 2 aromatic carbocycles. The van der Waals surface area contributed by atoms with Gasteiger partial charge in [-0.3, -0.25) is 9.59 Å². The summed E-state index contributed by atoms with van der Waals surface area (Å²) in [5.41, 5.74) is 3.31. The van der Waals surface area contributed by atoms with E-state index in [0.29, 0.717) is 30.8 Å². The number of benzene rings is 2. The molecule has 0 saturated carbocycles. The number of hydrogen-bond acceptors (Lipinski definition) is 4. The number of anilines is 1. The van der Waals surface area contributed by atoms with Crippen molar-refractivity contribution in [3.63, 3.8) is 0 Å². The van der Waals surface area contributed by atoms with Crippen LogP contribution in [0.15, 0.2) is 60.8 Å². The van der Waals surface area contributed by atoms with Crippen LogP contribution >= 0.6 is 0 Å². The average molecular weight is 544 g/mol. The molecule has 4 rings (SSSR count). The van der Waals surface area contributed by atoms with Crippen LogP contribution in [0.3, 0.4) is 0 Å². The molecule has 1 fully saturated rings. The van der Waals surface area contributed by atoms with E-state index in [0.717, 1.165) is 16.7 Å². The Bertz CT molecular complexity index is 1310. The maximum absolute atomic E-state index is 13.3. The molecule has 39 heavy (non-hydrogen) atoms. The Morgan fingerprint density at radius 2 is 1.82 bits per heavy atom. The van der Waals surface area contributed by atoms with Crippen molar-refractivity contribution in [1.82, 2.24) is 9.88 Å². The second kappa shape index (κ2) is 11.8. The van der Waals surface area contributed by atoms with Gasteiger partial charge in [0.05, 0.1) is 17.5 Å². The van der Waals surface area contributed by atoms with Crippen LogP contribution in [0.25, 0.3) is 11.1 Å². The number of likely N-dealkylation sites (tertiary alicyclic amines) is 1. The van der Waals surface area contributed by atoms with E-state index < -0.39 is 30.5 Å². The fourth-order valence-corrected chi connectivity index (χ4v) is 4.83. The van der Waals surface area contributed by atoms with E-state index in [4.69, 9.17) is 0 Å². The Balaban J connectivity index is 1.52. The number of piperidine rings is 1. The molecule has 10 heteroatoms. The van der Waals surface area contributed by atoms with Crippen molar-refractivity contribution < 1.29 is 32.3 Å². The summed E-state index contributed by atoms with van der Waals surface area (Å²) in [5, 5.41) is 12.4. The smallest absolute Gasteiger partial charge is 0.389 e. The molecule has 2 heterocycles. The van der Waals surface area contributed by atoms with Crippen LogP contribution in [-0.2, 0) is 4.79 Å². The molecule has 1 aliphatic heterocycles. The molecule has 1 unspecified atom stereocenters. The SMILES string of the molecule is Cc1cc(-c2ccc(F)cc2)ccc1C(CCC(F)(F)F)Nc1ccc(C(=O)N2CCC[C@@H](C(=O)O)C2)cn1. The van der Waals surface area contributed by atoms with Gasteiger partial charge in [0.25, 0.3) is 5.91 Å². The van der Waals surface area contributed by atoms with Gasteiger partial charge in [0.1, 0.15) is 11.6 Å². The second-order valence-corrected chi connectivity index (χ2v) is 9.79. The third-order valence-corrected chi connectivity index (χ3v) is 6.93. The monoisotopic (exact) mass is 543 g/mol. The van der Waals surface area contributed by atoms with Gasteiger partial charge in [0, 0.05) is 25.7 Å². The van der Waals surface area contributed by atoms with Gasteiger partial charge in [-0.05, 0) is 72.7 Å². The van der Waals surface area contributed by atoms with E-state index in [1.165, 1.54) is 35.4 Å². The standard InChI is InChI=1S/C29H29F4N3O3/c1-18-15-20(19-4-8-23(30)9-5-19)6-10-24(18)25(12-13-29(31,32)33)35-26-11-7-21(16-34-26)27(37)36-14-2-3-22(17-36)28(38)39/h4-11,15-16,22,25H,2-3,12-14,17H2,1H3,(H,34,35)(H,38,39)/t22-,25?/m1/s1. The molecule has 1 aliphatic rings. The van der Waals surface area contributed by atoms with Crippen LogP contribution in [0.5, 0.6) is 0 Å². The Morgan fingerprint density at radius 3 is 2.44 bits per heavy atom. The quantitative estimate of drug-likeness (QED) is 0.312. The molecule has 2 atom stereocenters. The van der Waals surface area contributed by atoms with E-state index in [2.05, 4.69) is 10.3 Å². The number of aliphatic carboxylic acids is 1. The zero-order valence-corrected chi connectivity index (χ0v) is 21.3. The molecule has 0 bridgehead atoms. The minimum absolute atomic E-state index is 0.126. The van der Waals surface area contributed by atoms with Crippen molar-refractivity contribution in [3.8, 4) is 11.1 Å². The number of amides is 1. The fraction of sp³-hybridized carbons (Fsp3) is 0.345. The first-order valence-electron chi connectivity index (χ1n) is 12.7. The van der Waals surface area contributed by atoms with Crippen LogP contribution in [0.1, 0.15) is 53.2 Å². The second-order valence-electron chi connectivity index (χ2n) is 9.79. The first-order chi connectivity index (χ1) is 18.5. The van der Waals surface area contributed by atoms with Crippen molar-refractivity contribution in [2.24, 2.45) is 5.92 Å². The normalized spacial score (nSPS) is 16.5. The van der Waals surface area contributed by atoms with E-state index in [9.17, 15) is 32.3 Å². The highest BCUT2D eigenvalue weighted by atomic mass is 19.4. The summed E-state index contributed by atoms with van der Waals surface area (Å²) in [4.78, 5) is 30.0. The lowest BCUT2D eigenvalue weighted by Gasteiger charge is -2.30. The molecular weight excluding hydrogens is 514 g/mol. The number of nitrogens with zero attached hydrogens (tertiary/aromatic N) is 2. The number of aryl methyl sites for hydroxylation is 1. The van der Waals surface area contributed by atoms with Gasteiger partial charge in [-0.2, -0.15) is 13.2 Å². The average Bonchev–Trinajstić information content (AvgIpc) is 2.91. The van der Waals surface area contributed by atoms with Gasteiger partial charge < -0.3 is 15.3 Å². The van der Waals surface area contributed by atoms with Crippen LogP contribution in [0.2, 0.25) is 0 Å². The minimum Gasteiger partial charge on any atom is -0.481 e. The van der Waals surface area contributed by atoms with E-state index in [1.807, 2.05) is 13.0 Å². The molecule has 1 saturated heterocycles. The molecule has 0 spiro atoms. The molecule has 0 aliphatic carbocycles. The molecule has 1 aromatic heterocycles. The van der Waals surface area contributed by atoms with Gasteiger partial charge in [-0.15, -0.1) is 0 Å². The number of hydrogen-bond donors (Lipinski definition) is 2. The van der Waals surface area contributed by atoms with Crippen molar-refractivity contribution in [2.75, 3.05) is 18.4 Å². The number of carboxylic acid groups (broad SMARTS) is 1. The predicted molar refractivity (Wildman–Crippen MR) is 139 cm³/mol. The Labute approximate surface area is 223 Å². The number of pyridine rings is 1. The maximum atomic E-state index is 13.3. The number of carboxylic acids is 1. The zero-order valence-electron chi connectivity index (χ0n) is 21.3. The number of rotatable bonds is 8. The largest absolute Gasteiger partial charge is 0.481 e. The van der Waals surface area contributed by atoms with Crippen LogP contribution in [0.4, 0.5) is 23.4 Å². The van der Waals surface area contributed by atoms with Crippen LogP contribution in [-0.4, -0.2) is 46.1 Å². The molecule has 1 amide bonds. The number of alkyl halides is 3. The lowest BCUT2D eigenvalue weighted by molar-refractivity contribution is -0.143. The van der Waals surface area contributed by atoms with Crippen LogP contribution in [0, 0.1) is 18.7 Å². The summed E-state index contributed by atoms with van der Waals surface area (Å²) in [6.45, 7) is 2.39. The third kappa shape index (κ3) is 7.34. The van der Waals surface area contributed by atoms with Crippen LogP contribution < -0.4 is 5.32 Å². The number of halogens is 4. The van der Waals surface area contributed by atoms with Gasteiger partial charge in [0.2, 0.25) is 0 Å². The first kappa shape index (κ1) is 28.1. The highest BCUT2D eigenvalue weighted by Gasteiger charge is 2.30. The Kier molecular flexibility index (Phi) is 8.52. The summed E-state index contributed by atoms with van der Waals surface area (Å²) < 4.78 is 52.7. The topological polar surface area (TPSA) is 82.5 Å². The molecule has 2 N–H and O–H groups in total. The van der Waals surface area contributed by atoms with Crippen molar-refractivity contribution in [1.29, 1.82) is 0 Å². The number of carbonyl (C=O) groups excluding carboxylic acids is 1. The molecule has 3 aromatic rings. The summed E-state index contributed by atoms with van der Waals surface area (Å²) in [5.74, 6) is -1.92. The predicted octanol–water partition coefficient (Wildman–Crippen LogP) is 6.63. The third-order valence-electron chi connectivity index (χ3n) is 6.93. The number of aromatic nitrogens is 1. The van der Waals surface area contributed by atoms with E-state index in [-0.39, 0.29) is 30.3 Å². The number of carbonyl (C=O) groups is 2. The van der Waals surface area contributed by atoms with Gasteiger partial charge in [0.15, 0.2) is 0 Å². The van der Waals surface area contributed by atoms with E-state index >= 15 is 0 Å². The lowest BCUT2D eigenvalue weighted by Crippen LogP contribution is -2.42. The van der Waals surface area contributed by atoms with E-state index in [1.54, 1.807) is 24.3 Å². The molecule has 206 valence electrons.